The molecular weight excluding hydrogens is 212 g/mol. The Labute approximate surface area is 101 Å². The van der Waals surface area contributed by atoms with E-state index >= 15 is 0 Å². The van der Waals surface area contributed by atoms with Crippen molar-refractivity contribution in [2.24, 2.45) is 0 Å². The van der Waals surface area contributed by atoms with Gasteiger partial charge in [0, 0.05) is 24.6 Å². The molecule has 0 aliphatic rings. The van der Waals surface area contributed by atoms with Crippen molar-refractivity contribution in [1.29, 1.82) is 0 Å². The quantitative estimate of drug-likeness (QED) is 0.799. The fourth-order valence-electron chi connectivity index (χ4n) is 1.54. The van der Waals surface area contributed by atoms with Crippen LogP contribution in [0.2, 0.25) is 0 Å². The molecule has 0 aliphatic carbocycles. The summed E-state index contributed by atoms with van der Waals surface area (Å²) in [5.74, 6) is 0.903. The highest BCUT2D eigenvalue weighted by Crippen LogP contribution is 2.11. The second-order valence-electron chi connectivity index (χ2n) is 3.78. The van der Waals surface area contributed by atoms with Crippen molar-refractivity contribution in [2.45, 2.75) is 6.92 Å². The number of hydrogen-bond acceptors (Lipinski definition) is 3. The largest absolute Gasteiger partial charge is 0.492 e. The van der Waals surface area contributed by atoms with Crippen molar-refractivity contribution in [2.75, 3.05) is 18.5 Å². The van der Waals surface area contributed by atoms with Crippen LogP contribution in [0.25, 0.3) is 0 Å². The predicted octanol–water partition coefficient (Wildman–Crippen LogP) is 2.88. The van der Waals surface area contributed by atoms with E-state index in [1.165, 1.54) is 0 Å². The van der Waals surface area contributed by atoms with Crippen LogP contribution < -0.4 is 10.1 Å². The maximum atomic E-state index is 5.59. The Bertz CT molecular complexity index is 457. The summed E-state index contributed by atoms with van der Waals surface area (Å²) < 4.78 is 5.59. The average molecular weight is 228 g/mol. The second-order valence-corrected chi connectivity index (χ2v) is 3.78. The van der Waals surface area contributed by atoms with Crippen LogP contribution >= 0.6 is 0 Å². The minimum atomic E-state index is 0.645. The lowest BCUT2D eigenvalue weighted by atomic mass is 10.2. The summed E-state index contributed by atoms with van der Waals surface area (Å²) in [6.07, 6.45) is 3.63. The highest BCUT2D eigenvalue weighted by Gasteiger charge is 1.96. The predicted molar refractivity (Wildman–Crippen MR) is 69.4 cm³/mol. The van der Waals surface area contributed by atoms with E-state index in [9.17, 15) is 0 Å². The van der Waals surface area contributed by atoms with Crippen LogP contribution in [0.1, 0.15) is 5.56 Å². The van der Waals surface area contributed by atoms with E-state index < -0.39 is 0 Å². The highest BCUT2D eigenvalue weighted by molar-refractivity contribution is 5.48. The van der Waals surface area contributed by atoms with Gasteiger partial charge in [-0.25, -0.2) is 0 Å². The van der Waals surface area contributed by atoms with Crippen LogP contribution in [0, 0.1) is 6.92 Å². The number of anilines is 1. The topological polar surface area (TPSA) is 34.2 Å². The molecule has 1 aromatic carbocycles. The molecule has 0 atom stereocenters. The van der Waals surface area contributed by atoms with Gasteiger partial charge in [0.1, 0.15) is 12.4 Å². The Kier molecular flexibility index (Phi) is 3.97. The third kappa shape index (κ3) is 3.48. The average Bonchev–Trinajstić information content (AvgIpc) is 2.38. The van der Waals surface area contributed by atoms with E-state index in [-0.39, 0.29) is 0 Å². The summed E-state index contributed by atoms with van der Waals surface area (Å²) >= 11 is 0. The Morgan fingerprint density at radius 3 is 2.76 bits per heavy atom. The van der Waals surface area contributed by atoms with E-state index in [1.54, 1.807) is 6.20 Å². The van der Waals surface area contributed by atoms with Crippen LogP contribution in [-0.4, -0.2) is 18.1 Å². The van der Waals surface area contributed by atoms with Crippen molar-refractivity contribution in [3.63, 3.8) is 0 Å². The van der Waals surface area contributed by atoms with Crippen molar-refractivity contribution < 1.29 is 4.74 Å². The third-order valence-electron chi connectivity index (χ3n) is 2.45. The number of ether oxygens (including phenoxy) is 1. The summed E-state index contributed by atoms with van der Waals surface area (Å²) in [5, 5.41) is 3.32. The molecule has 2 rings (SSSR count). The van der Waals surface area contributed by atoms with Gasteiger partial charge in [-0.3, -0.25) is 4.98 Å². The number of aryl methyl sites for hydroxylation is 1. The summed E-state index contributed by atoms with van der Waals surface area (Å²) in [6.45, 7) is 3.46. The van der Waals surface area contributed by atoms with Gasteiger partial charge in [0.15, 0.2) is 0 Å². The van der Waals surface area contributed by atoms with Gasteiger partial charge < -0.3 is 10.1 Å². The Morgan fingerprint density at radius 1 is 1.18 bits per heavy atom. The van der Waals surface area contributed by atoms with Crippen LogP contribution in [-0.2, 0) is 0 Å². The van der Waals surface area contributed by atoms with Gasteiger partial charge in [0.25, 0.3) is 0 Å². The standard InChI is InChI=1S/C14H16N2O/c1-12-11-15-8-7-14(12)16-9-10-17-13-5-3-2-4-6-13/h2-8,11H,9-10H2,1H3,(H,15,16). The molecule has 0 fully saturated rings. The first-order valence-corrected chi connectivity index (χ1v) is 5.68. The van der Waals surface area contributed by atoms with Crippen molar-refractivity contribution in [3.8, 4) is 5.75 Å². The Hall–Kier alpha value is -2.03. The molecule has 1 aromatic heterocycles. The smallest absolute Gasteiger partial charge is 0.119 e. The molecule has 1 heterocycles. The fraction of sp³-hybridized carbons (Fsp3) is 0.214. The zero-order chi connectivity index (χ0) is 11.9. The van der Waals surface area contributed by atoms with E-state index in [2.05, 4.69) is 10.3 Å². The fourth-order valence-corrected chi connectivity index (χ4v) is 1.54. The van der Waals surface area contributed by atoms with E-state index in [4.69, 9.17) is 4.74 Å². The first-order chi connectivity index (χ1) is 8.36. The molecule has 0 spiro atoms. The molecule has 1 N–H and O–H groups in total. The maximum absolute atomic E-state index is 5.59. The molecule has 88 valence electrons. The summed E-state index contributed by atoms with van der Waals surface area (Å²) in [7, 11) is 0. The molecule has 0 unspecified atom stereocenters. The Balaban J connectivity index is 1.76. The van der Waals surface area contributed by atoms with Crippen LogP contribution in [0.5, 0.6) is 5.75 Å². The highest BCUT2D eigenvalue weighted by atomic mass is 16.5. The SMILES string of the molecule is Cc1cnccc1NCCOc1ccccc1. The third-order valence-corrected chi connectivity index (χ3v) is 2.45. The molecule has 0 bridgehead atoms. The molecular formula is C14H16N2O. The maximum Gasteiger partial charge on any atom is 0.119 e. The lowest BCUT2D eigenvalue weighted by molar-refractivity contribution is 0.333. The van der Waals surface area contributed by atoms with Crippen LogP contribution in [0.15, 0.2) is 48.8 Å². The molecule has 0 saturated heterocycles. The molecule has 0 saturated carbocycles. The number of nitrogens with one attached hydrogen (secondary N) is 1. The summed E-state index contributed by atoms with van der Waals surface area (Å²) in [5.41, 5.74) is 2.25. The number of nitrogens with zero attached hydrogens (tertiary/aromatic N) is 1. The number of para-hydroxylation sites is 1. The van der Waals surface area contributed by atoms with Gasteiger partial charge in [-0.15, -0.1) is 0 Å². The number of aromatic nitrogens is 1. The molecule has 0 aliphatic heterocycles. The van der Waals surface area contributed by atoms with E-state index in [1.807, 2.05) is 49.5 Å². The summed E-state index contributed by atoms with van der Waals surface area (Å²) in [4.78, 5) is 4.05. The van der Waals surface area contributed by atoms with Gasteiger partial charge >= 0.3 is 0 Å². The van der Waals surface area contributed by atoms with E-state index in [0.717, 1.165) is 23.5 Å². The lowest BCUT2D eigenvalue weighted by Crippen LogP contribution is -2.12. The zero-order valence-electron chi connectivity index (χ0n) is 9.89. The van der Waals surface area contributed by atoms with Gasteiger partial charge in [-0.2, -0.15) is 0 Å². The van der Waals surface area contributed by atoms with Gasteiger partial charge in [-0.05, 0) is 30.7 Å². The number of benzene rings is 1. The number of hydrogen-bond donors (Lipinski definition) is 1. The zero-order valence-corrected chi connectivity index (χ0v) is 9.89. The van der Waals surface area contributed by atoms with Crippen molar-refractivity contribution >= 4 is 5.69 Å². The minimum Gasteiger partial charge on any atom is -0.492 e. The molecule has 3 heteroatoms. The molecule has 0 radical (unpaired) electrons. The number of rotatable bonds is 5. The normalized spacial score (nSPS) is 9.94. The van der Waals surface area contributed by atoms with Gasteiger partial charge in [-0.1, -0.05) is 18.2 Å². The van der Waals surface area contributed by atoms with Crippen LogP contribution in [0.4, 0.5) is 5.69 Å². The minimum absolute atomic E-state index is 0.645. The summed E-state index contributed by atoms with van der Waals surface area (Å²) in [6, 6.07) is 11.8. The van der Waals surface area contributed by atoms with Crippen molar-refractivity contribution in [1.82, 2.24) is 4.98 Å². The number of pyridine rings is 1. The molecule has 3 nitrogen and oxygen atoms in total. The molecule has 17 heavy (non-hydrogen) atoms. The van der Waals surface area contributed by atoms with Crippen LogP contribution in [0.3, 0.4) is 0 Å². The van der Waals surface area contributed by atoms with Gasteiger partial charge in [0.2, 0.25) is 0 Å². The second kappa shape index (κ2) is 5.89. The van der Waals surface area contributed by atoms with Crippen molar-refractivity contribution in [3.05, 3.63) is 54.4 Å². The van der Waals surface area contributed by atoms with E-state index in [0.29, 0.717) is 6.61 Å². The Morgan fingerprint density at radius 2 is 2.00 bits per heavy atom. The first-order valence-electron chi connectivity index (χ1n) is 5.68. The van der Waals surface area contributed by atoms with Gasteiger partial charge in [0.05, 0.1) is 0 Å². The molecule has 0 amide bonds. The monoisotopic (exact) mass is 228 g/mol. The lowest BCUT2D eigenvalue weighted by Gasteiger charge is -2.10. The molecule has 2 aromatic rings. The first kappa shape index (κ1) is 11.5.